The minimum atomic E-state index is 1.04. The number of hydrogen-bond acceptors (Lipinski definition) is 1. The molecule has 2 aromatic rings. The van der Waals surface area contributed by atoms with Gasteiger partial charge in [-0.15, -0.1) is 0 Å². The zero-order chi connectivity index (χ0) is 11.7. The third-order valence-corrected chi connectivity index (χ3v) is 3.87. The molecule has 0 spiro atoms. The van der Waals surface area contributed by atoms with Crippen LogP contribution in [0.1, 0.15) is 16.8 Å². The quantitative estimate of drug-likeness (QED) is 0.750. The summed E-state index contributed by atoms with van der Waals surface area (Å²) in [6.07, 6.45) is 0. The molecule has 1 aromatic carbocycles. The topological polar surface area (TPSA) is 12.9 Å². The predicted octanol–water partition coefficient (Wildman–Crippen LogP) is 4.44. The molecular weight excluding hydrogens is 262 g/mol. The first kappa shape index (κ1) is 11.3. The second kappa shape index (κ2) is 4.38. The number of aromatic nitrogens is 1. The van der Waals surface area contributed by atoms with E-state index < -0.39 is 0 Å². The summed E-state index contributed by atoms with van der Waals surface area (Å²) in [6, 6.07) is 10.4. The van der Waals surface area contributed by atoms with Gasteiger partial charge in [-0.1, -0.05) is 22.0 Å². The van der Waals surface area contributed by atoms with E-state index in [9.17, 15) is 0 Å². The Morgan fingerprint density at radius 1 is 1.00 bits per heavy atom. The minimum absolute atomic E-state index is 1.04. The van der Waals surface area contributed by atoms with Crippen molar-refractivity contribution in [3.8, 4) is 11.3 Å². The summed E-state index contributed by atoms with van der Waals surface area (Å²) >= 11 is 3.58. The van der Waals surface area contributed by atoms with Gasteiger partial charge in [-0.05, 0) is 56.2 Å². The van der Waals surface area contributed by atoms with E-state index in [1.807, 2.05) is 19.1 Å². The normalized spacial score (nSPS) is 10.5. The van der Waals surface area contributed by atoms with E-state index in [1.165, 1.54) is 21.2 Å². The Labute approximate surface area is 105 Å². The van der Waals surface area contributed by atoms with Gasteiger partial charge in [-0.2, -0.15) is 0 Å². The van der Waals surface area contributed by atoms with Crippen molar-refractivity contribution in [3.05, 3.63) is 51.6 Å². The van der Waals surface area contributed by atoms with E-state index in [2.05, 4.69) is 53.0 Å². The van der Waals surface area contributed by atoms with Crippen LogP contribution in [0.4, 0.5) is 0 Å². The summed E-state index contributed by atoms with van der Waals surface area (Å²) < 4.78 is 1.18. The van der Waals surface area contributed by atoms with Crippen molar-refractivity contribution in [1.29, 1.82) is 0 Å². The van der Waals surface area contributed by atoms with Crippen LogP contribution in [0.3, 0.4) is 0 Å². The van der Waals surface area contributed by atoms with Crippen LogP contribution >= 0.6 is 15.9 Å². The molecule has 0 radical (unpaired) electrons. The molecule has 0 amide bonds. The van der Waals surface area contributed by atoms with Gasteiger partial charge in [0.2, 0.25) is 0 Å². The monoisotopic (exact) mass is 275 g/mol. The lowest BCUT2D eigenvalue weighted by Crippen LogP contribution is -1.89. The number of aryl methyl sites for hydroxylation is 3. The second-order valence-corrected chi connectivity index (χ2v) is 4.88. The highest BCUT2D eigenvalue weighted by molar-refractivity contribution is 9.10. The number of rotatable bonds is 1. The van der Waals surface area contributed by atoms with Gasteiger partial charge >= 0.3 is 0 Å². The van der Waals surface area contributed by atoms with Crippen LogP contribution in [-0.4, -0.2) is 4.98 Å². The Balaban J connectivity index is 2.57. The van der Waals surface area contributed by atoms with Gasteiger partial charge in [0.25, 0.3) is 0 Å². The SMILES string of the molecule is Cc1cccc(-c2cc(C)c(Br)c(C)c2)n1. The molecule has 0 aliphatic heterocycles. The zero-order valence-corrected chi connectivity index (χ0v) is 11.3. The van der Waals surface area contributed by atoms with Crippen LogP contribution in [0, 0.1) is 20.8 Å². The van der Waals surface area contributed by atoms with Gasteiger partial charge in [0.15, 0.2) is 0 Å². The molecule has 0 aliphatic carbocycles. The molecule has 82 valence electrons. The van der Waals surface area contributed by atoms with Crippen molar-refractivity contribution in [2.45, 2.75) is 20.8 Å². The highest BCUT2D eigenvalue weighted by Crippen LogP contribution is 2.27. The van der Waals surface area contributed by atoms with Crippen LogP contribution in [0.15, 0.2) is 34.8 Å². The molecule has 2 heteroatoms. The molecule has 0 saturated carbocycles. The maximum absolute atomic E-state index is 4.54. The van der Waals surface area contributed by atoms with Crippen LogP contribution in [-0.2, 0) is 0 Å². The predicted molar refractivity (Wildman–Crippen MR) is 71.6 cm³/mol. The Bertz CT molecular complexity index is 509. The van der Waals surface area contributed by atoms with Gasteiger partial charge in [-0.3, -0.25) is 4.98 Å². The third kappa shape index (κ3) is 2.17. The van der Waals surface area contributed by atoms with Crippen molar-refractivity contribution >= 4 is 15.9 Å². The molecule has 0 atom stereocenters. The lowest BCUT2D eigenvalue weighted by molar-refractivity contribution is 1.20. The van der Waals surface area contributed by atoms with E-state index in [0.717, 1.165) is 11.4 Å². The summed E-state index contributed by atoms with van der Waals surface area (Å²) in [6.45, 7) is 6.23. The van der Waals surface area contributed by atoms with E-state index in [-0.39, 0.29) is 0 Å². The van der Waals surface area contributed by atoms with E-state index >= 15 is 0 Å². The number of hydrogen-bond donors (Lipinski definition) is 0. The second-order valence-electron chi connectivity index (χ2n) is 4.09. The zero-order valence-electron chi connectivity index (χ0n) is 9.71. The Kier molecular flexibility index (Phi) is 3.10. The van der Waals surface area contributed by atoms with Crippen molar-refractivity contribution < 1.29 is 0 Å². The first-order chi connectivity index (χ1) is 7.58. The Morgan fingerprint density at radius 3 is 2.19 bits per heavy atom. The molecule has 0 fully saturated rings. The maximum Gasteiger partial charge on any atom is 0.0705 e. The van der Waals surface area contributed by atoms with Crippen molar-refractivity contribution in [3.63, 3.8) is 0 Å². The van der Waals surface area contributed by atoms with Crippen LogP contribution in [0.2, 0.25) is 0 Å². The fourth-order valence-corrected chi connectivity index (χ4v) is 2.03. The molecule has 1 heterocycles. The van der Waals surface area contributed by atoms with E-state index in [4.69, 9.17) is 0 Å². The van der Waals surface area contributed by atoms with Gasteiger partial charge < -0.3 is 0 Å². The van der Waals surface area contributed by atoms with E-state index in [1.54, 1.807) is 0 Å². The largest absolute Gasteiger partial charge is 0.253 e. The van der Waals surface area contributed by atoms with Gasteiger partial charge in [0.05, 0.1) is 5.69 Å². The summed E-state index contributed by atoms with van der Waals surface area (Å²) in [5.41, 5.74) is 5.77. The molecule has 0 bridgehead atoms. The first-order valence-electron chi connectivity index (χ1n) is 5.28. The lowest BCUT2D eigenvalue weighted by Gasteiger charge is -2.08. The van der Waals surface area contributed by atoms with Gasteiger partial charge in [0, 0.05) is 15.7 Å². The Hall–Kier alpha value is -1.15. The standard InChI is InChI=1S/C14H14BrN/c1-9-7-12(8-10(2)14(9)15)13-6-4-5-11(3)16-13/h4-8H,1-3H3. The molecule has 0 unspecified atom stereocenters. The van der Waals surface area contributed by atoms with Crippen molar-refractivity contribution in [1.82, 2.24) is 4.98 Å². The highest BCUT2D eigenvalue weighted by atomic mass is 79.9. The van der Waals surface area contributed by atoms with E-state index in [0.29, 0.717) is 0 Å². The van der Waals surface area contributed by atoms with Crippen LogP contribution in [0.5, 0.6) is 0 Å². The molecule has 2 rings (SSSR count). The molecule has 1 aromatic heterocycles. The smallest absolute Gasteiger partial charge is 0.0705 e. The average molecular weight is 276 g/mol. The summed E-state index contributed by atoms with van der Waals surface area (Å²) in [5, 5.41) is 0. The maximum atomic E-state index is 4.54. The number of benzene rings is 1. The van der Waals surface area contributed by atoms with Crippen molar-refractivity contribution in [2.75, 3.05) is 0 Å². The highest BCUT2D eigenvalue weighted by Gasteiger charge is 2.05. The first-order valence-corrected chi connectivity index (χ1v) is 6.08. The molecule has 16 heavy (non-hydrogen) atoms. The van der Waals surface area contributed by atoms with Crippen LogP contribution < -0.4 is 0 Å². The number of nitrogens with zero attached hydrogens (tertiary/aromatic N) is 1. The minimum Gasteiger partial charge on any atom is -0.253 e. The third-order valence-electron chi connectivity index (χ3n) is 2.62. The summed E-state index contributed by atoms with van der Waals surface area (Å²) in [7, 11) is 0. The summed E-state index contributed by atoms with van der Waals surface area (Å²) in [5.74, 6) is 0. The molecule has 0 N–H and O–H groups in total. The number of pyridine rings is 1. The van der Waals surface area contributed by atoms with Crippen LogP contribution in [0.25, 0.3) is 11.3 Å². The summed E-state index contributed by atoms with van der Waals surface area (Å²) in [4.78, 5) is 4.54. The molecule has 1 nitrogen and oxygen atoms in total. The fraction of sp³-hybridized carbons (Fsp3) is 0.214. The Morgan fingerprint density at radius 2 is 1.62 bits per heavy atom. The van der Waals surface area contributed by atoms with Crippen molar-refractivity contribution in [2.24, 2.45) is 0 Å². The van der Waals surface area contributed by atoms with Gasteiger partial charge in [-0.25, -0.2) is 0 Å². The molecule has 0 aliphatic rings. The molecule has 0 saturated heterocycles. The average Bonchev–Trinajstić information content (AvgIpc) is 2.25. The number of halogens is 1. The molecular formula is C14H14BrN. The van der Waals surface area contributed by atoms with Gasteiger partial charge in [0.1, 0.15) is 0 Å². The fourth-order valence-electron chi connectivity index (χ4n) is 1.80. The lowest BCUT2D eigenvalue weighted by atomic mass is 10.0.